The quantitative estimate of drug-likeness (QED) is 0.170. The van der Waals surface area contributed by atoms with Crippen molar-refractivity contribution in [2.75, 3.05) is 0 Å². The van der Waals surface area contributed by atoms with Crippen LogP contribution in [0.25, 0.3) is 6.08 Å². The summed E-state index contributed by atoms with van der Waals surface area (Å²) in [5.74, 6) is 0.692. The van der Waals surface area contributed by atoms with Gasteiger partial charge in [0.2, 0.25) is 0 Å². The Kier molecular flexibility index (Phi) is 8.03. The Labute approximate surface area is 240 Å². The zero-order chi connectivity index (χ0) is 28.0. The van der Waals surface area contributed by atoms with Crippen LogP contribution in [-0.4, -0.2) is 43.7 Å². The number of rotatable bonds is 10. The second kappa shape index (κ2) is 12.3. The Balaban J connectivity index is 1.09. The summed E-state index contributed by atoms with van der Waals surface area (Å²) in [5, 5.41) is 8.61. The van der Waals surface area contributed by atoms with E-state index in [9.17, 15) is 9.59 Å². The molecule has 6 rings (SSSR count). The summed E-state index contributed by atoms with van der Waals surface area (Å²) in [6.45, 7) is 0.214. The van der Waals surface area contributed by atoms with Crippen LogP contribution in [0, 0.1) is 0 Å². The molecular weight excluding hydrogens is 512 g/mol. The molecule has 2 aromatic carbocycles. The fourth-order valence-corrected chi connectivity index (χ4v) is 5.79. The highest BCUT2D eigenvalue weighted by atomic mass is 16.5. The number of likely N-dealkylation sites (tertiary alicyclic amines) is 1. The van der Waals surface area contributed by atoms with Crippen molar-refractivity contribution >= 4 is 17.8 Å². The smallest absolute Gasteiger partial charge is 0.250 e. The molecule has 1 saturated carbocycles. The summed E-state index contributed by atoms with van der Waals surface area (Å²) in [4.78, 5) is 27.9. The Bertz CT molecular complexity index is 1490. The lowest BCUT2D eigenvalue weighted by Crippen LogP contribution is -2.64. The molecule has 0 bridgehead atoms. The number of carbonyl (C=O) groups excluding carboxylic acids is 2. The average molecular weight is 547 g/mol. The lowest BCUT2D eigenvalue weighted by atomic mass is 9.85. The van der Waals surface area contributed by atoms with Crippen molar-refractivity contribution in [1.82, 2.24) is 19.9 Å². The first-order valence-electron chi connectivity index (χ1n) is 14.4. The first-order chi connectivity index (χ1) is 20.2. The summed E-state index contributed by atoms with van der Waals surface area (Å²) < 4.78 is 7.60. The van der Waals surface area contributed by atoms with E-state index in [2.05, 4.69) is 45.6 Å². The molecule has 41 heavy (non-hydrogen) atoms. The van der Waals surface area contributed by atoms with Crippen LogP contribution < -0.4 is 4.74 Å². The van der Waals surface area contributed by atoms with E-state index in [4.69, 9.17) is 4.74 Å². The monoisotopic (exact) mass is 546 g/mol. The highest BCUT2D eigenvalue weighted by Gasteiger charge is 2.50. The minimum atomic E-state index is -0.410. The Morgan fingerprint density at radius 3 is 2.56 bits per heavy atom. The standard InChI is InChI=1S/C34H34N4O3/c39-32(22-16-26-11-7-8-12-26)27-17-19-30(20-18-27)41-24-28-23-37(36-35-28)33-31(21-15-25-9-3-1-4-10-25)38(34(33)40)29-13-5-2-6-14-29/h1,3-4,7-11,15-23,29,31,33H,2,5-6,12-14,24H2/b21-15+,22-16+/t31-,33+/m1/s1. The maximum atomic E-state index is 13.4. The number of amides is 1. The summed E-state index contributed by atoms with van der Waals surface area (Å²) in [5.41, 5.74) is 3.47. The molecule has 2 fully saturated rings. The van der Waals surface area contributed by atoms with Crippen LogP contribution in [0.1, 0.15) is 66.2 Å². The van der Waals surface area contributed by atoms with Crippen molar-refractivity contribution in [3.8, 4) is 5.75 Å². The zero-order valence-electron chi connectivity index (χ0n) is 23.0. The van der Waals surface area contributed by atoms with E-state index in [-0.39, 0.29) is 30.4 Å². The van der Waals surface area contributed by atoms with Crippen LogP contribution >= 0.6 is 0 Å². The van der Waals surface area contributed by atoms with E-state index in [0.29, 0.717) is 17.0 Å². The molecule has 1 aliphatic heterocycles. The van der Waals surface area contributed by atoms with Crippen LogP contribution in [0.3, 0.4) is 0 Å². The number of ketones is 1. The van der Waals surface area contributed by atoms with Crippen molar-refractivity contribution in [1.29, 1.82) is 0 Å². The lowest BCUT2D eigenvalue weighted by molar-refractivity contribution is -0.157. The maximum Gasteiger partial charge on any atom is 0.250 e. The van der Waals surface area contributed by atoms with Crippen LogP contribution in [0.5, 0.6) is 5.75 Å². The number of allylic oxidation sites excluding steroid dienone is 6. The summed E-state index contributed by atoms with van der Waals surface area (Å²) in [6.07, 6.45) is 22.1. The molecule has 0 spiro atoms. The van der Waals surface area contributed by atoms with E-state index < -0.39 is 6.04 Å². The lowest BCUT2D eigenvalue weighted by Gasteiger charge is -2.50. The number of aromatic nitrogens is 3. The van der Waals surface area contributed by atoms with Crippen LogP contribution in [0.4, 0.5) is 0 Å². The van der Waals surface area contributed by atoms with Gasteiger partial charge in [-0.05, 0) is 60.7 Å². The van der Waals surface area contributed by atoms with Crippen LogP contribution in [-0.2, 0) is 11.4 Å². The largest absolute Gasteiger partial charge is 0.487 e. The molecule has 7 nitrogen and oxygen atoms in total. The minimum absolute atomic E-state index is 0.0457. The highest BCUT2D eigenvalue weighted by Crippen LogP contribution is 2.38. The van der Waals surface area contributed by atoms with E-state index in [0.717, 1.165) is 30.4 Å². The second-order valence-electron chi connectivity index (χ2n) is 10.8. The van der Waals surface area contributed by atoms with Gasteiger partial charge >= 0.3 is 0 Å². The molecule has 2 atom stereocenters. The first kappa shape index (κ1) is 26.7. The van der Waals surface area contributed by atoms with Gasteiger partial charge in [-0.2, -0.15) is 0 Å². The molecule has 1 saturated heterocycles. The highest BCUT2D eigenvalue weighted by molar-refractivity contribution is 6.04. The van der Waals surface area contributed by atoms with Crippen molar-refractivity contribution in [2.45, 2.75) is 63.3 Å². The minimum Gasteiger partial charge on any atom is -0.487 e. The second-order valence-corrected chi connectivity index (χ2v) is 10.8. The van der Waals surface area contributed by atoms with Crippen molar-refractivity contribution in [3.05, 3.63) is 120 Å². The molecule has 3 aromatic rings. The molecule has 0 N–H and O–H groups in total. The fourth-order valence-electron chi connectivity index (χ4n) is 5.79. The number of hydrogen-bond acceptors (Lipinski definition) is 5. The number of carbonyl (C=O) groups is 2. The molecule has 1 amide bonds. The van der Waals surface area contributed by atoms with Crippen LogP contribution in [0.15, 0.2) is 103 Å². The first-order valence-corrected chi connectivity index (χ1v) is 14.4. The molecular formula is C34H34N4O3. The number of β-lactam (4-membered cyclic amide) rings is 1. The topological polar surface area (TPSA) is 77.3 Å². The van der Waals surface area contributed by atoms with Crippen molar-refractivity contribution in [2.24, 2.45) is 0 Å². The molecule has 1 aromatic heterocycles. The van der Waals surface area contributed by atoms with E-state index in [1.165, 1.54) is 19.3 Å². The van der Waals surface area contributed by atoms with Gasteiger partial charge in [0.05, 0.1) is 12.2 Å². The van der Waals surface area contributed by atoms with Crippen molar-refractivity contribution in [3.63, 3.8) is 0 Å². The van der Waals surface area contributed by atoms with Gasteiger partial charge in [0.1, 0.15) is 18.1 Å². The molecule has 3 aliphatic rings. The Hall–Kier alpha value is -4.52. The van der Waals surface area contributed by atoms with E-state index >= 15 is 0 Å². The van der Waals surface area contributed by atoms with Gasteiger partial charge in [-0.15, -0.1) is 5.10 Å². The van der Waals surface area contributed by atoms with Gasteiger partial charge in [0, 0.05) is 11.6 Å². The molecule has 0 radical (unpaired) electrons. The number of nitrogens with zero attached hydrogens (tertiary/aromatic N) is 4. The van der Waals surface area contributed by atoms with E-state index in [1.807, 2.05) is 36.4 Å². The summed E-state index contributed by atoms with van der Waals surface area (Å²) in [6, 6.07) is 17.0. The Morgan fingerprint density at radius 1 is 1.00 bits per heavy atom. The number of hydrogen-bond donors (Lipinski definition) is 0. The third-order valence-corrected chi connectivity index (χ3v) is 8.02. The fraction of sp³-hybridized carbons (Fsp3) is 0.294. The molecule has 2 heterocycles. The normalized spacial score (nSPS) is 21.0. The van der Waals surface area contributed by atoms with Gasteiger partial charge in [0.15, 0.2) is 11.8 Å². The maximum absolute atomic E-state index is 13.4. The third-order valence-electron chi connectivity index (χ3n) is 8.02. The van der Waals surface area contributed by atoms with Gasteiger partial charge in [-0.1, -0.05) is 91.3 Å². The van der Waals surface area contributed by atoms with Gasteiger partial charge < -0.3 is 9.64 Å². The SMILES string of the molecule is O=C(/C=C/C1=CC=CC1)c1ccc(OCc2cn([C@@H]3C(=O)N(C4CCCCC4)[C@@H]3/C=C/c3ccccc3)nn2)cc1. The average Bonchev–Trinajstić information content (AvgIpc) is 3.71. The zero-order valence-corrected chi connectivity index (χ0v) is 23.0. The molecule has 208 valence electrons. The third kappa shape index (κ3) is 6.14. The van der Waals surface area contributed by atoms with Crippen LogP contribution in [0.2, 0.25) is 0 Å². The molecule has 7 heteroatoms. The number of ether oxygens (including phenoxy) is 1. The molecule has 2 aliphatic carbocycles. The number of benzene rings is 2. The van der Waals surface area contributed by atoms with E-state index in [1.54, 1.807) is 41.2 Å². The summed E-state index contributed by atoms with van der Waals surface area (Å²) >= 11 is 0. The predicted molar refractivity (Wildman–Crippen MR) is 158 cm³/mol. The van der Waals surface area contributed by atoms with Gasteiger partial charge in [0.25, 0.3) is 5.91 Å². The predicted octanol–water partition coefficient (Wildman–Crippen LogP) is 6.28. The molecule has 0 unspecified atom stereocenters. The van der Waals surface area contributed by atoms with Crippen molar-refractivity contribution < 1.29 is 14.3 Å². The summed E-state index contributed by atoms with van der Waals surface area (Å²) in [7, 11) is 0. The van der Waals surface area contributed by atoms with Gasteiger partial charge in [-0.25, -0.2) is 4.68 Å². The Morgan fingerprint density at radius 2 is 1.80 bits per heavy atom. The van der Waals surface area contributed by atoms with Gasteiger partial charge in [-0.3, -0.25) is 9.59 Å².